The molecule has 0 aliphatic carbocycles. The van der Waals surface area contributed by atoms with Gasteiger partial charge in [0.2, 0.25) is 5.82 Å². The monoisotopic (exact) mass is 351 g/mol. The first-order valence-corrected chi connectivity index (χ1v) is 8.89. The molecule has 1 aliphatic rings. The van der Waals surface area contributed by atoms with Crippen LogP contribution in [0, 0.1) is 13.8 Å². The summed E-state index contributed by atoms with van der Waals surface area (Å²) in [4.78, 5) is 22.2. The Kier molecular flexibility index (Phi) is 5.63. The molecule has 6 heteroatoms. The Hall–Kier alpha value is -2.73. The molecular weight excluding hydrogens is 326 g/mol. The van der Waals surface area contributed by atoms with Gasteiger partial charge in [-0.2, -0.15) is 0 Å². The third-order valence-electron chi connectivity index (χ3n) is 4.71. The Labute approximate surface area is 154 Å². The summed E-state index contributed by atoms with van der Waals surface area (Å²) in [7, 11) is 0. The lowest BCUT2D eigenvalue weighted by molar-refractivity contribution is 0.0990. The van der Waals surface area contributed by atoms with E-state index in [2.05, 4.69) is 44.5 Å². The van der Waals surface area contributed by atoms with E-state index in [-0.39, 0.29) is 5.82 Å². The third-order valence-corrected chi connectivity index (χ3v) is 4.71. The lowest BCUT2D eigenvalue weighted by atomic mass is 10.2. The maximum absolute atomic E-state index is 11.4. The Balaban J connectivity index is 1.59. The van der Waals surface area contributed by atoms with Crippen LogP contribution in [0.5, 0.6) is 0 Å². The summed E-state index contributed by atoms with van der Waals surface area (Å²) in [6.45, 7) is 6.44. The molecule has 1 aromatic carbocycles. The zero-order valence-corrected chi connectivity index (χ0v) is 15.3. The van der Waals surface area contributed by atoms with Gasteiger partial charge in [-0.15, -0.1) is 0 Å². The van der Waals surface area contributed by atoms with Crippen molar-refractivity contribution in [1.82, 2.24) is 15.3 Å². The van der Waals surface area contributed by atoms with Gasteiger partial charge in [-0.3, -0.25) is 4.79 Å². The standard InChI is InChI=1S/C20H25N5O/c1-14-15(2)23-19(18(21)26)24-20(14)25-12-10-17(13-25)22-11-6-9-16-7-4-3-5-8-16/h3-9,17,22H,10-13H2,1-2H3,(H2,21,26)/b9-6+/t17-/m1/s1. The van der Waals surface area contributed by atoms with Crippen molar-refractivity contribution < 1.29 is 4.79 Å². The van der Waals surface area contributed by atoms with Gasteiger partial charge in [0, 0.05) is 36.9 Å². The number of primary amides is 1. The fourth-order valence-electron chi connectivity index (χ4n) is 3.14. The second-order valence-corrected chi connectivity index (χ2v) is 6.60. The Bertz CT molecular complexity index is 803. The summed E-state index contributed by atoms with van der Waals surface area (Å²) in [6.07, 6.45) is 5.30. The van der Waals surface area contributed by atoms with Crippen molar-refractivity contribution in [3.63, 3.8) is 0 Å². The van der Waals surface area contributed by atoms with Crippen molar-refractivity contribution in [3.8, 4) is 0 Å². The number of amides is 1. The van der Waals surface area contributed by atoms with Crippen LogP contribution in [-0.4, -0.2) is 41.6 Å². The summed E-state index contributed by atoms with van der Waals surface area (Å²) < 4.78 is 0. The average molecular weight is 351 g/mol. The number of nitrogens with zero attached hydrogens (tertiary/aromatic N) is 3. The van der Waals surface area contributed by atoms with E-state index in [1.54, 1.807) is 0 Å². The number of carbonyl (C=O) groups is 1. The SMILES string of the molecule is Cc1nc(C(N)=O)nc(N2CC[C@@H](NC/C=C/c3ccccc3)C2)c1C. The predicted octanol–water partition coefficient (Wildman–Crippen LogP) is 2.07. The first-order chi connectivity index (χ1) is 12.5. The van der Waals surface area contributed by atoms with E-state index in [1.807, 2.05) is 32.0 Å². The maximum Gasteiger partial charge on any atom is 0.286 e. The first kappa shape index (κ1) is 18.1. The zero-order valence-electron chi connectivity index (χ0n) is 15.3. The highest BCUT2D eigenvalue weighted by Gasteiger charge is 2.25. The second kappa shape index (κ2) is 8.10. The van der Waals surface area contributed by atoms with Gasteiger partial charge in [0.1, 0.15) is 5.82 Å². The molecule has 0 spiro atoms. The lowest BCUT2D eigenvalue weighted by Gasteiger charge is -2.21. The van der Waals surface area contributed by atoms with Crippen LogP contribution in [0.15, 0.2) is 36.4 Å². The summed E-state index contributed by atoms with van der Waals surface area (Å²) >= 11 is 0. The molecule has 1 amide bonds. The van der Waals surface area contributed by atoms with Crippen LogP contribution in [0.25, 0.3) is 6.08 Å². The Morgan fingerprint density at radius 2 is 2.08 bits per heavy atom. The molecule has 0 radical (unpaired) electrons. The molecule has 3 rings (SSSR count). The number of nitrogens with two attached hydrogens (primary N) is 1. The molecule has 2 heterocycles. The summed E-state index contributed by atoms with van der Waals surface area (Å²) in [5, 5.41) is 3.56. The Morgan fingerprint density at radius 1 is 1.31 bits per heavy atom. The van der Waals surface area contributed by atoms with Crippen LogP contribution in [0.1, 0.15) is 33.9 Å². The van der Waals surface area contributed by atoms with Gasteiger partial charge < -0.3 is 16.0 Å². The molecule has 3 N–H and O–H groups in total. The molecule has 136 valence electrons. The fourth-order valence-corrected chi connectivity index (χ4v) is 3.14. The van der Waals surface area contributed by atoms with Crippen molar-refractivity contribution in [1.29, 1.82) is 0 Å². The van der Waals surface area contributed by atoms with Gasteiger partial charge in [-0.25, -0.2) is 9.97 Å². The van der Waals surface area contributed by atoms with Crippen LogP contribution >= 0.6 is 0 Å². The number of aromatic nitrogens is 2. The highest BCUT2D eigenvalue weighted by Crippen LogP contribution is 2.23. The third kappa shape index (κ3) is 4.26. The number of anilines is 1. The van der Waals surface area contributed by atoms with E-state index in [9.17, 15) is 4.79 Å². The molecular formula is C20H25N5O. The number of nitrogens with one attached hydrogen (secondary N) is 1. The minimum Gasteiger partial charge on any atom is -0.363 e. The Morgan fingerprint density at radius 3 is 2.81 bits per heavy atom. The van der Waals surface area contributed by atoms with Crippen LogP contribution < -0.4 is 16.0 Å². The van der Waals surface area contributed by atoms with Crippen molar-refractivity contribution in [2.45, 2.75) is 26.3 Å². The second-order valence-electron chi connectivity index (χ2n) is 6.60. The van der Waals surface area contributed by atoms with Gasteiger partial charge in [0.15, 0.2) is 0 Å². The normalized spacial score (nSPS) is 17.2. The van der Waals surface area contributed by atoms with Crippen molar-refractivity contribution >= 4 is 17.8 Å². The van der Waals surface area contributed by atoms with Gasteiger partial charge in [0.05, 0.1) is 0 Å². The summed E-state index contributed by atoms with van der Waals surface area (Å²) in [6, 6.07) is 10.7. The van der Waals surface area contributed by atoms with E-state index < -0.39 is 5.91 Å². The van der Waals surface area contributed by atoms with Crippen LogP contribution in [0.3, 0.4) is 0 Å². The van der Waals surface area contributed by atoms with Gasteiger partial charge in [-0.1, -0.05) is 42.5 Å². The molecule has 1 aromatic heterocycles. The molecule has 2 aromatic rings. The predicted molar refractivity (Wildman–Crippen MR) is 104 cm³/mol. The summed E-state index contributed by atoms with van der Waals surface area (Å²) in [5.41, 5.74) is 8.35. The van der Waals surface area contributed by atoms with Crippen molar-refractivity contribution in [2.24, 2.45) is 5.73 Å². The van der Waals surface area contributed by atoms with Gasteiger partial charge in [-0.05, 0) is 25.8 Å². The van der Waals surface area contributed by atoms with Crippen molar-refractivity contribution in [2.75, 3.05) is 24.5 Å². The number of hydrogen-bond acceptors (Lipinski definition) is 5. The molecule has 0 bridgehead atoms. The number of benzene rings is 1. The maximum atomic E-state index is 11.4. The largest absolute Gasteiger partial charge is 0.363 e. The molecule has 0 saturated carbocycles. The van der Waals surface area contributed by atoms with Gasteiger partial charge >= 0.3 is 0 Å². The number of rotatable bonds is 6. The van der Waals surface area contributed by atoms with Gasteiger partial charge in [0.25, 0.3) is 5.91 Å². The van der Waals surface area contributed by atoms with E-state index >= 15 is 0 Å². The first-order valence-electron chi connectivity index (χ1n) is 8.89. The quantitative estimate of drug-likeness (QED) is 0.832. The van der Waals surface area contributed by atoms with Crippen LogP contribution in [0.4, 0.5) is 5.82 Å². The summed E-state index contributed by atoms with van der Waals surface area (Å²) in [5.74, 6) is 0.315. The van der Waals surface area contributed by atoms with Crippen molar-refractivity contribution in [3.05, 3.63) is 59.1 Å². The average Bonchev–Trinajstić information content (AvgIpc) is 3.10. The smallest absolute Gasteiger partial charge is 0.286 e. The minimum absolute atomic E-state index is 0.0882. The lowest BCUT2D eigenvalue weighted by Crippen LogP contribution is -2.33. The van der Waals surface area contributed by atoms with Crippen LogP contribution in [0.2, 0.25) is 0 Å². The molecule has 1 aliphatic heterocycles. The van der Waals surface area contributed by atoms with E-state index in [1.165, 1.54) is 5.56 Å². The fraction of sp³-hybridized carbons (Fsp3) is 0.350. The number of carbonyl (C=O) groups excluding carboxylic acids is 1. The minimum atomic E-state index is -0.589. The molecule has 0 unspecified atom stereocenters. The number of hydrogen-bond donors (Lipinski definition) is 2. The van der Waals surface area contributed by atoms with Crippen LogP contribution in [-0.2, 0) is 0 Å². The molecule has 1 fully saturated rings. The molecule has 6 nitrogen and oxygen atoms in total. The molecule has 1 saturated heterocycles. The van der Waals surface area contributed by atoms with E-state index in [0.29, 0.717) is 6.04 Å². The van der Waals surface area contributed by atoms with E-state index in [4.69, 9.17) is 5.73 Å². The zero-order chi connectivity index (χ0) is 18.5. The van der Waals surface area contributed by atoms with E-state index in [0.717, 1.165) is 43.1 Å². The number of aryl methyl sites for hydroxylation is 1. The molecule has 26 heavy (non-hydrogen) atoms. The molecule has 1 atom stereocenters. The highest BCUT2D eigenvalue weighted by molar-refractivity contribution is 5.89. The highest BCUT2D eigenvalue weighted by atomic mass is 16.1. The topological polar surface area (TPSA) is 84.1 Å².